The summed E-state index contributed by atoms with van der Waals surface area (Å²) >= 11 is 0.811. The van der Waals surface area contributed by atoms with E-state index in [2.05, 4.69) is 8.75 Å². The molecule has 3 aromatic carbocycles. The lowest BCUT2D eigenvalue weighted by atomic mass is 9.83. The second kappa shape index (κ2) is 6.13. The Morgan fingerprint density at radius 3 is 2.21 bits per heavy atom. The molecule has 0 saturated heterocycles. The number of sulfone groups is 1. The molecular formula is C21H12N2O4S2. The second-order valence-corrected chi connectivity index (χ2v) is 9.23. The number of fused-ring (bicyclic) bond motifs is 4. The molecule has 0 atom stereocenters. The van der Waals surface area contributed by atoms with Crippen molar-refractivity contribution in [2.24, 2.45) is 0 Å². The molecular weight excluding hydrogens is 408 g/mol. The van der Waals surface area contributed by atoms with Crippen LogP contribution in [0.1, 0.15) is 37.4 Å². The molecule has 1 aliphatic carbocycles. The maximum Gasteiger partial charge on any atom is 0.208 e. The van der Waals surface area contributed by atoms with Crippen molar-refractivity contribution in [1.29, 1.82) is 0 Å². The summed E-state index contributed by atoms with van der Waals surface area (Å²) in [4.78, 5) is 26.2. The summed E-state index contributed by atoms with van der Waals surface area (Å²) < 4.78 is 35.0. The minimum absolute atomic E-state index is 0.0418. The molecule has 29 heavy (non-hydrogen) atoms. The summed E-state index contributed by atoms with van der Waals surface area (Å²) in [6, 6.07) is 14.3. The Hall–Kier alpha value is -3.23. The van der Waals surface area contributed by atoms with Gasteiger partial charge in [-0.05, 0) is 30.7 Å². The van der Waals surface area contributed by atoms with Gasteiger partial charge in [-0.25, -0.2) is 8.42 Å². The summed E-state index contributed by atoms with van der Waals surface area (Å²) in [5.74, 6) is -0.752. The van der Waals surface area contributed by atoms with E-state index in [9.17, 15) is 18.0 Å². The van der Waals surface area contributed by atoms with Crippen LogP contribution in [0.4, 0.5) is 0 Å². The number of rotatable bonds is 2. The van der Waals surface area contributed by atoms with E-state index in [4.69, 9.17) is 0 Å². The predicted octanol–water partition coefficient (Wildman–Crippen LogP) is 3.61. The minimum Gasteiger partial charge on any atom is -0.289 e. The third-order valence-electron chi connectivity index (χ3n) is 4.98. The smallest absolute Gasteiger partial charge is 0.208 e. The van der Waals surface area contributed by atoms with Crippen molar-refractivity contribution in [3.8, 4) is 0 Å². The number of ketones is 2. The molecule has 0 radical (unpaired) electrons. The third-order valence-corrected chi connectivity index (χ3v) is 7.27. The fourth-order valence-electron chi connectivity index (χ4n) is 3.60. The molecule has 1 heterocycles. The Balaban J connectivity index is 1.85. The van der Waals surface area contributed by atoms with E-state index < -0.39 is 15.6 Å². The topological polar surface area (TPSA) is 94.1 Å². The van der Waals surface area contributed by atoms with Crippen LogP contribution in [0, 0.1) is 6.92 Å². The van der Waals surface area contributed by atoms with Crippen LogP contribution < -0.4 is 0 Å². The Morgan fingerprint density at radius 2 is 1.48 bits per heavy atom. The first-order valence-corrected chi connectivity index (χ1v) is 10.9. The summed E-state index contributed by atoms with van der Waals surface area (Å²) in [6.45, 7) is 1.80. The normalized spacial score (nSPS) is 13.4. The Morgan fingerprint density at radius 1 is 0.793 bits per heavy atom. The number of nitrogens with zero attached hydrogens (tertiary/aromatic N) is 2. The van der Waals surface area contributed by atoms with Gasteiger partial charge in [-0.15, -0.1) is 0 Å². The van der Waals surface area contributed by atoms with Gasteiger partial charge in [-0.2, -0.15) is 8.75 Å². The summed E-state index contributed by atoms with van der Waals surface area (Å²) in [6.07, 6.45) is 0. The quantitative estimate of drug-likeness (QED) is 0.433. The van der Waals surface area contributed by atoms with Crippen molar-refractivity contribution in [2.45, 2.75) is 16.7 Å². The molecule has 8 heteroatoms. The van der Waals surface area contributed by atoms with Gasteiger partial charge in [-0.1, -0.05) is 36.4 Å². The van der Waals surface area contributed by atoms with Gasteiger partial charge < -0.3 is 0 Å². The first-order chi connectivity index (χ1) is 13.9. The third kappa shape index (κ3) is 2.49. The Kier molecular flexibility index (Phi) is 3.77. The van der Waals surface area contributed by atoms with E-state index in [1.54, 1.807) is 49.4 Å². The summed E-state index contributed by atoms with van der Waals surface area (Å²) in [5, 5.41) is 0. The second-order valence-electron chi connectivity index (χ2n) is 6.78. The van der Waals surface area contributed by atoms with Crippen LogP contribution in [-0.4, -0.2) is 28.7 Å². The van der Waals surface area contributed by atoms with E-state index in [0.717, 1.165) is 17.3 Å². The Labute approximate surface area is 170 Å². The summed E-state index contributed by atoms with van der Waals surface area (Å²) in [5.41, 5.74) is 1.74. The van der Waals surface area contributed by atoms with Crippen LogP contribution in [0.15, 0.2) is 64.4 Å². The molecule has 1 aliphatic rings. The van der Waals surface area contributed by atoms with Crippen LogP contribution in [0.2, 0.25) is 0 Å². The lowest BCUT2D eigenvalue weighted by molar-refractivity contribution is 0.0980. The lowest BCUT2D eigenvalue weighted by Gasteiger charge is -2.18. The molecule has 5 rings (SSSR count). The van der Waals surface area contributed by atoms with Crippen LogP contribution >= 0.6 is 11.7 Å². The molecule has 142 valence electrons. The van der Waals surface area contributed by atoms with Crippen LogP contribution in [0.5, 0.6) is 0 Å². The van der Waals surface area contributed by atoms with Gasteiger partial charge in [0.15, 0.2) is 11.6 Å². The number of hydrogen-bond acceptors (Lipinski definition) is 7. The van der Waals surface area contributed by atoms with Crippen molar-refractivity contribution >= 4 is 44.2 Å². The first-order valence-electron chi connectivity index (χ1n) is 8.69. The molecule has 0 spiro atoms. The zero-order chi connectivity index (χ0) is 20.3. The number of carbonyl (C=O) groups is 2. The molecule has 1 aromatic heterocycles. The van der Waals surface area contributed by atoms with E-state index in [1.807, 2.05) is 0 Å². The molecule has 6 nitrogen and oxygen atoms in total. The van der Waals surface area contributed by atoms with E-state index in [-0.39, 0.29) is 48.9 Å². The van der Waals surface area contributed by atoms with Crippen LogP contribution in [-0.2, 0) is 9.84 Å². The average Bonchev–Trinajstić information content (AvgIpc) is 3.20. The zero-order valence-electron chi connectivity index (χ0n) is 15.0. The molecule has 0 N–H and O–H groups in total. The number of carbonyl (C=O) groups excluding carboxylic acids is 2. The van der Waals surface area contributed by atoms with E-state index in [1.165, 1.54) is 12.1 Å². The highest BCUT2D eigenvalue weighted by Crippen LogP contribution is 2.37. The van der Waals surface area contributed by atoms with Crippen molar-refractivity contribution < 1.29 is 18.0 Å². The molecule has 4 aromatic rings. The van der Waals surface area contributed by atoms with Crippen molar-refractivity contribution in [1.82, 2.24) is 8.75 Å². The van der Waals surface area contributed by atoms with Crippen molar-refractivity contribution in [3.05, 3.63) is 82.4 Å². The number of hydrogen-bond donors (Lipinski definition) is 0. The Bertz CT molecular complexity index is 1470. The largest absolute Gasteiger partial charge is 0.289 e. The molecule has 0 saturated carbocycles. The number of aromatic nitrogens is 2. The standard InChI is InChI=1S/C21H12N2O4S2/c1-11-5-4-6-12(9-11)29(26,27)16-10-15-17(19-18(16)22-28-23-19)21(25)14-8-3-2-7-13(14)20(15)24/h2-10H,1H3. The number of aryl methyl sites for hydroxylation is 1. The highest BCUT2D eigenvalue weighted by atomic mass is 32.2. The van der Waals surface area contributed by atoms with Crippen molar-refractivity contribution in [2.75, 3.05) is 0 Å². The highest BCUT2D eigenvalue weighted by Gasteiger charge is 2.35. The first kappa shape index (κ1) is 17.8. The van der Waals surface area contributed by atoms with Crippen LogP contribution in [0.3, 0.4) is 0 Å². The maximum atomic E-state index is 13.4. The fourth-order valence-corrected chi connectivity index (χ4v) is 5.74. The van der Waals surface area contributed by atoms with Crippen molar-refractivity contribution in [3.63, 3.8) is 0 Å². The predicted molar refractivity (Wildman–Crippen MR) is 107 cm³/mol. The number of benzene rings is 3. The van der Waals surface area contributed by atoms with E-state index >= 15 is 0 Å². The van der Waals surface area contributed by atoms with Gasteiger partial charge >= 0.3 is 0 Å². The van der Waals surface area contributed by atoms with Gasteiger partial charge in [0.25, 0.3) is 0 Å². The summed E-state index contributed by atoms with van der Waals surface area (Å²) in [7, 11) is -3.97. The fraction of sp³-hybridized carbons (Fsp3) is 0.0476. The van der Waals surface area contributed by atoms with Gasteiger partial charge in [0.2, 0.25) is 9.84 Å². The average molecular weight is 420 g/mol. The maximum absolute atomic E-state index is 13.4. The monoisotopic (exact) mass is 420 g/mol. The van der Waals surface area contributed by atoms with Crippen LogP contribution in [0.25, 0.3) is 11.0 Å². The highest BCUT2D eigenvalue weighted by molar-refractivity contribution is 7.91. The molecule has 0 bridgehead atoms. The van der Waals surface area contributed by atoms with Gasteiger partial charge in [0.05, 0.1) is 22.2 Å². The lowest BCUT2D eigenvalue weighted by Crippen LogP contribution is -2.22. The zero-order valence-corrected chi connectivity index (χ0v) is 16.7. The molecule has 0 aliphatic heterocycles. The molecule has 0 amide bonds. The van der Waals surface area contributed by atoms with Gasteiger partial charge in [0, 0.05) is 16.7 Å². The van der Waals surface area contributed by atoms with Gasteiger partial charge in [0.1, 0.15) is 15.9 Å². The SMILES string of the molecule is Cc1cccc(S(=O)(=O)c2cc3c(c4nsnc24)C(=O)c2ccccc2C3=O)c1. The molecule has 0 unspecified atom stereocenters. The minimum atomic E-state index is -3.97. The molecule has 0 fully saturated rings. The van der Waals surface area contributed by atoms with E-state index in [0.29, 0.717) is 0 Å². The van der Waals surface area contributed by atoms with Gasteiger partial charge in [-0.3, -0.25) is 9.59 Å².